The molecule has 0 saturated carbocycles. The highest BCUT2D eigenvalue weighted by Crippen LogP contribution is 2.12. The highest BCUT2D eigenvalue weighted by Gasteiger charge is 2.10. The van der Waals surface area contributed by atoms with Crippen LogP contribution in [-0.2, 0) is 0 Å². The number of carbonyl (C=O) groups excluding carboxylic acids is 1. The van der Waals surface area contributed by atoms with E-state index in [0.717, 1.165) is 6.20 Å². The maximum absolute atomic E-state index is 13.1. The molecule has 0 fully saturated rings. The molecule has 0 unspecified atom stereocenters. The van der Waals surface area contributed by atoms with Gasteiger partial charge in [-0.2, -0.15) is 0 Å². The van der Waals surface area contributed by atoms with Crippen LogP contribution in [0, 0.1) is 5.82 Å². The van der Waals surface area contributed by atoms with Gasteiger partial charge in [-0.05, 0) is 6.07 Å². The second-order valence-electron chi connectivity index (χ2n) is 2.68. The zero-order valence-electron chi connectivity index (χ0n) is 7.48. The van der Waals surface area contributed by atoms with Crippen molar-refractivity contribution in [3.8, 4) is 0 Å². The van der Waals surface area contributed by atoms with Crippen LogP contribution in [0.3, 0.4) is 0 Å². The smallest absolute Gasteiger partial charge is 0.275 e. The van der Waals surface area contributed by atoms with Gasteiger partial charge in [0.05, 0.1) is 17.4 Å². The molecule has 1 amide bonds. The van der Waals surface area contributed by atoms with Crippen LogP contribution < -0.4 is 5.32 Å². The molecule has 2 rings (SSSR count). The van der Waals surface area contributed by atoms with Gasteiger partial charge in [-0.25, -0.2) is 9.37 Å². The lowest BCUT2D eigenvalue weighted by atomic mass is 10.3. The molecule has 76 valence electrons. The Kier molecular flexibility index (Phi) is 2.68. The van der Waals surface area contributed by atoms with E-state index in [9.17, 15) is 9.18 Å². The standard InChI is InChI=1S/C9H6FN3OS/c10-6-3-11-2-1-7(6)13-9(14)8-4-15-5-12-8/h1-5H,(H,11,13,14). The van der Waals surface area contributed by atoms with Gasteiger partial charge in [-0.3, -0.25) is 9.78 Å². The van der Waals surface area contributed by atoms with Gasteiger partial charge in [0.25, 0.3) is 5.91 Å². The molecule has 0 aliphatic rings. The molecule has 6 heteroatoms. The Morgan fingerprint density at radius 3 is 3.07 bits per heavy atom. The van der Waals surface area contributed by atoms with Crippen LogP contribution in [0.15, 0.2) is 29.4 Å². The van der Waals surface area contributed by atoms with Crippen molar-refractivity contribution in [3.05, 3.63) is 40.9 Å². The van der Waals surface area contributed by atoms with Crippen LogP contribution in [0.5, 0.6) is 0 Å². The first-order valence-electron chi connectivity index (χ1n) is 4.06. The third-order valence-electron chi connectivity index (χ3n) is 1.69. The van der Waals surface area contributed by atoms with Crippen molar-refractivity contribution in [2.24, 2.45) is 0 Å². The molecule has 0 aliphatic carbocycles. The number of carbonyl (C=O) groups is 1. The van der Waals surface area contributed by atoms with Crippen molar-refractivity contribution < 1.29 is 9.18 Å². The van der Waals surface area contributed by atoms with Gasteiger partial charge in [0.1, 0.15) is 5.69 Å². The topological polar surface area (TPSA) is 54.9 Å². The zero-order chi connectivity index (χ0) is 10.7. The number of amides is 1. The summed E-state index contributed by atoms with van der Waals surface area (Å²) in [6.45, 7) is 0. The predicted molar refractivity (Wildman–Crippen MR) is 54.3 cm³/mol. The SMILES string of the molecule is O=C(Nc1ccncc1F)c1cscn1. The van der Waals surface area contributed by atoms with Gasteiger partial charge < -0.3 is 5.32 Å². The maximum atomic E-state index is 13.1. The Hall–Kier alpha value is -1.82. The van der Waals surface area contributed by atoms with Crippen LogP contribution in [0.4, 0.5) is 10.1 Å². The number of anilines is 1. The third kappa shape index (κ3) is 2.16. The van der Waals surface area contributed by atoms with E-state index in [-0.39, 0.29) is 11.4 Å². The molecule has 0 bridgehead atoms. The third-order valence-corrected chi connectivity index (χ3v) is 2.27. The number of aromatic nitrogens is 2. The van der Waals surface area contributed by atoms with Gasteiger partial charge in [-0.1, -0.05) is 0 Å². The Morgan fingerprint density at radius 2 is 2.40 bits per heavy atom. The molecular weight excluding hydrogens is 217 g/mol. The summed E-state index contributed by atoms with van der Waals surface area (Å²) >= 11 is 1.30. The summed E-state index contributed by atoms with van der Waals surface area (Å²) in [5, 5.41) is 3.99. The molecule has 0 radical (unpaired) electrons. The molecule has 2 heterocycles. The number of halogens is 1. The summed E-state index contributed by atoms with van der Waals surface area (Å²) in [7, 11) is 0. The van der Waals surface area contributed by atoms with E-state index in [0.29, 0.717) is 0 Å². The lowest BCUT2D eigenvalue weighted by Gasteiger charge is -2.02. The molecule has 4 nitrogen and oxygen atoms in total. The minimum atomic E-state index is -0.568. The molecule has 0 aliphatic heterocycles. The first kappa shape index (κ1) is 9.72. The van der Waals surface area contributed by atoms with Gasteiger partial charge in [0, 0.05) is 11.6 Å². The average molecular weight is 223 g/mol. The normalized spacial score (nSPS) is 9.93. The number of rotatable bonds is 2. The molecular formula is C9H6FN3OS. The maximum Gasteiger partial charge on any atom is 0.275 e. The summed E-state index contributed by atoms with van der Waals surface area (Å²) in [6, 6.07) is 1.39. The summed E-state index contributed by atoms with van der Waals surface area (Å²) < 4.78 is 13.1. The van der Waals surface area contributed by atoms with E-state index in [1.165, 1.54) is 29.1 Å². The summed E-state index contributed by atoms with van der Waals surface area (Å²) in [6.07, 6.45) is 2.44. The summed E-state index contributed by atoms with van der Waals surface area (Å²) in [4.78, 5) is 18.9. The van der Waals surface area contributed by atoms with Crippen LogP contribution >= 0.6 is 11.3 Å². The lowest BCUT2D eigenvalue weighted by Crippen LogP contribution is -2.13. The monoisotopic (exact) mass is 223 g/mol. The van der Waals surface area contributed by atoms with E-state index in [1.807, 2.05) is 0 Å². The predicted octanol–water partition coefficient (Wildman–Crippen LogP) is 1.93. The van der Waals surface area contributed by atoms with Crippen molar-refractivity contribution in [2.75, 3.05) is 5.32 Å². The summed E-state index contributed by atoms with van der Waals surface area (Å²) in [5.74, 6) is -0.998. The fourth-order valence-electron chi connectivity index (χ4n) is 0.988. The van der Waals surface area contributed by atoms with Gasteiger partial charge >= 0.3 is 0 Å². The Bertz CT molecular complexity index is 472. The fraction of sp³-hybridized carbons (Fsp3) is 0. The van der Waals surface area contributed by atoms with E-state index in [4.69, 9.17) is 0 Å². The van der Waals surface area contributed by atoms with E-state index in [2.05, 4.69) is 15.3 Å². The molecule has 2 aromatic heterocycles. The molecule has 2 aromatic rings. The summed E-state index contributed by atoms with van der Waals surface area (Å²) in [5.41, 5.74) is 1.91. The number of thiazole rings is 1. The molecule has 0 aromatic carbocycles. The van der Waals surface area contributed by atoms with E-state index < -0.39 is 11.7 Å². The number of nitrogens with zero attached hydrogens (tertiary/aromatic N) is 2. The minimum absolute atomic E-state index is 0.100. The van der Waals surface area contributed by atoms with E-state index >= 15 is 0 Å². The number of hydrogen-bond acceptors (Lipinski definition) is 4. The van der Waals surface area contributed by atoms with Gasteiger partial charge in [0.2, 0.25) is 0 Å². The fourth-order valence-corrected chi connectivity index (χ4v) is 1.52. The van der Waals surface area contributed by atoms with Crippen LogP contribution in [0.2, 0.25) is 0 Å². The second-order valence-corrected chi connectivity index (χ2v) is 3.40. The molecule has 1 N–H and O–H groups in total. The van der Waals surface area contributed by atoms with Crippen LogP contribution in [0.25, 0.3) is 0 Å². The van der Waals surface area contributed by atoms with Gasteiger partial charge in [-0.15, -0.1) is 11.3 Å². The van der Waals surface area contributed by atoms with Crippen molar-refractivity contribution in [2.45, 2.75) is 0 Å². The highest BCUT2D eigenvalue weighted by atomic mass is 32.1. The molecule has 0 atom stereocenters. The molecule has 15 heavy (non-hydrogen) atoms. The van der Waals surface area contributed by atoms with Crippen molar-refractivity contribution in [1.82, 2.24) is 9.97 Å². The molecule has 0 saturated heterocycles. The lowest BCUT2D eigenvalue weighted by molar-refractivity contribution is 0.102. The van der Waals surface area contributed by atoms with Crippen molar-refractivity contribution in [1.29, 1.82) is 0 Å². The highest BCUT2D eigenvalue weighted by molar-refractivity contribution is 7.07. The Labute approximate surface area is 88.8 Å². The first-order valence-corrected chi connectivity index (χ1v) is 5.00. The minimum Gasteiger partial charge on any atom is -0.318 e. The molecule has 0 spiro atoms. The van der Waals surface area contributed by atoms with Crippen molar-refractivity contribution in [3.63, 3.8) is 0 Å². The van der Waals surface area contributed by atoms with Crippen LogP contribution in [-0.4, -0.2) is 15.9 Å². The number of hydrogen-bond donors (Lipinski definition) is 1. The Morgan fingerprint density at radius 1 is 1.53 bits per heavy atom. The first-order chi connectivity index (χ1) is 7.27. The van der Waals surface area contributed by atoms with Gasteiger partial charge in [0.15, 0.2) is 5.82 Å². The average Bonchev–Trinajstić information content (AvgIpc) is 2.74. The largest absolute Gasteiger partial charge is 0.318 e. The quantitative estimate of drug-likeness (QED) is 0.846. The van der Waals surface area contributed by atoms with Crippen LogP contribution in [0.1, 0.15) is 10.5 Å². The second kappa shape index (κ2) is 4.14. The zero-order valence-corrected chi connectivity index (χ0v) is 8.29. The number of nitrogens with one attached hydrogen (secondary N) is 1. The van der Waals surface area contributed by atoms with E-state index in [1.54, 1.807) is 5.38 Å². The van der Waals surface area contributed by atoms with Crippen molar-refractivity contribution >= 4 is 22.9 Å². The Balaban J connectivity index is 2.17. The number of pyridine rings is 1.